The zero-order chi connectivity index (χ0) is 19.9. The third-order valence-electron chi connectivity index (χ3n) is 4.47. The van der Waals surface area contributed by atoms with Crippen LogP contribution in [0.1, 0.15) is 25.3 Å². The molecule has 0 aliphatic carbocycles. The molecular weight excluding hydrogens is 350 g/mol. The fourth-order valence-corrected chi connectivity index (χ4v) is 2.91. The zero-order valence-electron chi connectivity index (χ0n) is 15.6. The molecule has 0 unspecified atom stereocenters. The highest BCUT2D eigenvalue weighted by molar-refractivity contribution is 5.79. The number of rotatable bonds is 5. The Morgan fingerprint density at radius 1 is 1.15 bits per heavy atom. The lowest BCUT2D eigenvalue weighted by Gasteiger charge is -2.10. The number of benzene rings is 1. The Labute approximate surface area is 154 Å². The van der Waals surface area contributed by atoms with E-state index in [1.54, 1.807) is 0 Å². The molecule has 1 aromatic carbocycles. The van der Waals surface area contributed by atoms with Crippen LogP contribution in [0.25, 0.3) is 11.2 Å². The van der Waals surface area contributed by atoms with Gasteiger partial charge in [0.15, 0.2) is 11.2 Å². The van der Waals surface area contributed by atoms with E-state index >= 15 is 0 Å². The molecule has 2 N–H and O–H groups in total. The van der Waals surface area contributed by atoms with Crippen LogP contribution in [0.5, 0.6) is 0 Å². The maximum absolute atomic E-state index is 12.6. The van der Waals surface area contributed by atoms with Crippen LogP contribution in [-0.2, 0) is 25.4 Å². The molecule has 0 bridgehead atoms. The lowest BCUT2D eigenvalue weighted by atomic mass is 10.0. The molecule has 3 aromatic rings. The third kappa shape index (κ3) is 3.23. The summed E-state index contributed by atoms with van der Waals surface area (Å²) in [6.07, 6.45) is 0. The van der Waals surface area contributed by atoms with Crippen molar-refractivity contribution in [1.82, 2.24) is 18.7 Å². The lowest BCUT2D eigenvalue weighted by Crippen LogP contribution is -2.37. The highest BCUT2D eigenvalue weighted by Crippen LogP contribution is 2.22. The first kappa shape index (κ1) is 18.4. The van der Waals surface area contributed by atoms with Crippen LogP contribution in [0, 0.1) is 0 Å². The van der Waals surface area contributed by atoms with E-state index < -0.39 is 23.8 Å². The average molecular weight is 371 g/mol. The number of hydrogen-bond donors (Lipinski definition) is 2. The summed E-state index contributed by atoms with van der Waals surface area (Å²) in [5.74, 6) is -0.556. The summed E-state index contributed by atoms with van der Waals surface area (Å²) in [6.45, 7) is 3.71. The normalized spacial score (nSPS) is 11.3. The number of aromatic nitrogens is 4. The van der Waals surface area contributed by atoms with Crippen molar-refractivity contribution < 1.29 is 9.90 Å². The molecule has 9 nitrogen and oxygen atoms in total. The number of aliphatic carboxylic acids is 1. The lowest BCUT2D eigenvalue weighted by molar-refractivity contribution is -0.137. The van der Waals surface area contributed by atoms with E-state index in [4.69, 9.17) is 0 Å². The van der Waals surface area contributed by atoms with E-state index in [2.05, 4.69) is 24.1 Å². The van der Waals surface area contributed by atoms with Crippen LogP contribution in [0.2, 0.25) is 0 Å². The van der Waals surface area contributed by atoms with Gasteiger partial charge in [0.1, 0.15) is 6.54 Å². The van der Waals surface area contributed by atoms with Crippen molar-refractivity contribution in [2.75, 3.05) is 5.32 Å². The van der Waals surface area contributed by atoms with Gasteiger partial charge in [0.25, 0.3) is 5.56 Å². The SMILES string of the molecule is CC(C)c1ccc(Nc2nc3c(c(=O)n(C)c(=O)n3C)n2CC(=O)O)cc1. The Bertz CT molecular complexity index is 1140. The number of imidazole rings is 1. The number of carboxylic acids is 1. The molecule has 3 rings (SSSR count). The van der Waals surface area contributed by atoms with Crippen molar-refractivity contribution in [3.05, 3.63) is 50.7 Å². The van der Waals surface area contributed by atoms with E-state index in [-0.39, 0.29) is 17.1 Å². The first-order valence-corrected chi connectivity index (χ1v) is 8.45. The Kier molecular flexibility index (Phi) is 4.61. The maximum atomic E-state index is 12.6. The van der Waals surface area contributed by atoms with E-state index in [0.29, 0.717) is 11.6 Å². The topological polar surface area (TPSA) is 111 Å². The van der Waals surface area contributed by atoms with Gasteiger partial charge in [0.05, 0.1) is 0 Å². The van der Waals surface area contributed by atoms with Crippen LogP contribution in [0.4, 0.5) is 11.6 Å². The number of aryl methyl sites for hydroxylation is 1. The second-order valence-corrected chi connectivity index (χ2v) is 6.69. The second kappa shape index (κ2) is 6.75. The minimum Gasteiger partial charge on any atom is -0.480 e. The Hall–Kier alpha value is -3.36. The minimum absolute atomic E-state index is 0.0586. The van der Waals surface area contributed by atoms with Gasteiger partial charge < -0.3 is 10.4 Å². The number of carbonyl (C=O) groups is 1. The standard InChI is InChI=1S/C18H21N5O4/c1-10(2)11-5-7-12(8-6-11)19-17-20-15-14(23(17)9-13(24)25)16(26)22(4)18(27)21(15)3/h5-8,10H,9H2,1-4H3,(H,19,20)(H,24,25). The van der Waals surface area contributed by atoms with Crippen LogP contribution in [0.15, 0.2) is 33.9 Å². The Morgan fingerprint density at radius 2 is 1.78 bits per heavy atom. The van der Waals surface area contributed by atoms with Crippen LogP contribution < -0.4 is 16.6 Å². The molecule has 142 valence electrons. The van der Waals surface area contributed by atoms with Crippen molar-refractivity contribution in [2.24, 2.45) is 14.1 Å². The largest absolute Gasteiger partial charge is 0.480 e. The van der Waals surface area contributed by atoms with Crippen molar-refractivity contribution in [1.29, 1.82) is 0 Å². The van der Waals surface area contributed by atoms with Gasteiger partial charge in [-0.2, -0.15) is 4.98 Å². The van der Waals surface area contributed by atoms with Crippen LogP contribution in [-0.4, -0.2) is 29.8 Å². The predicted molar refractivity (Wildman–Crippen MR) is 102 cm³/mol. The first-order valence-electron chi connectivity index (χ1n) is 8.45. The molecule has 0 radical (unpaired) electrons. The van der Waals surface area contributed by atoms with Crippen LogP contribution >= 0.6 is 0 Å². The second-order valence-electron chi connectivity index (χ2n) is 6.69. The van der Waals surface area contributed by atoms with Crippen molar-refractivity contribution in [3.8, 4) is 0 Å². The van der Waals surface area contributed by atoms with E-state index in [1.807, 2.05) is 24.3 Å². The predicted octanol–water partition coefficient (Wildman–Crippen LogP) is 1.39. The third-order valence-corrected chi connectivity index (χ3v) is 4.47. The van der Waals surface area contributed by atoms with Gasteiger partial charge in [-0.25, -0.2) is 4.79 Å². The average Bonchev–Trinajstić information content (AvgIpc) is 2.96. The van der Waals surface area contributed by atoms with E-state index in [9.17, 15) is 19.5 Å². The fourth-order valence-electron chi connectivity index (χ4n) is 2.91. The van der Waals surface area contributed by atoms with E-state index in [1.165, 1.54) is 23.2 Å². The Balaban J connectivity index is 2.18. The van der Waals surface area contributed by atoms with Gasteiger partial charge in [-0.1, -0.05) is 26.0 Å². The van der Waals surface area contributed by atoms with Crippen molar-refractivity contribution in [2.45, 2.75) is 26.3 Å². The summed E-state index contributed by atoms with van der Waals surface area (Å²) in [5.41, 5.74) is 0.929. The van der Waals surface area contributed by atoms with Crippen molar-refractivity contribution in [3.63, 3.8) is 0 Å². The quantitative estimate of drug-likeness (QED) is 0.701. The number of nitrogens with zero attached hydrogens (tertiary/aromatic N) is 4. The summed E-state index contributed by atoms with van der Waals surface area (Å²) in [4.78, 5) is 40.4. The molecule has 0 saturated heterocycles. The summed E-state index contributed by atoms with van der Waals surface area (Å²) in [7, 11) is 2.84. The molecule has 2 heterocycles. The number of carboxylic acid groups (broad SMARTS) is 1. The molecule has 0 fully saturated rings. The van der Waals surface area contributed by atoms with E-state index in [0.717, 1.165) is 10.1 Å². The molecule has 0 saturated carbocycles. The highest BCUT2D eigenvalue weighted by atomic mass is 16.4. The molecule has 0 spiro atoms. The fraction of sp³-hybridized carbons (Fsp3) is 0.333. The van der Waals surface area contributed by atoms with Gasteiger partial charge in [0, 0.05) is 19.8 Å². The number of anilines is 2. The summed E-state index contributed by atoms with van der Waals surface area (Å²) in [5, 5.41) is 12.3. The van der Waals surface area contributed by atoms with Crippen LogP contribution in [0.3, 0.4) is 0 Å². The Morgan fingerprint density at radius 3 is 2.33 bits per heavy atom. The maximum Gasteiger partial charge on any atom is 0.332 e. The summed E-state index contributed by atoms with van der Waals surface area (Å²) >= 11 is 0. The van der Waals surface area contributed by atoms with Gasteiger partial charge in [-0.3, -0.25) is 23.3 Å². The van der Waals surface area contributed by atoms with Gasteiger partial charge >= 0.3 is 11.7 Å². The highest BCUT2D eigenvalue weighted by Gasteiger charge is 2.20. The summed E-state index contributed by atoms with van der Waals surface area (Å²) < 4.78 is 3.43. The van der Waals surface area contributed by atoms with Gasteiger partial charge in [0.2, 0.25) is 5.95 Å². The molecule has 0 aliphatic rings. The van der Waals surface area contributed by atoms with Crippen molar-refractivity contribution >= 4 is 28.8 Å². The number of fused-ring (bicyclic) bond motifs is 1. The smallest absolute Gasteiger partial charge is 0.332 e. The zero-order valence-corrected chi connectivity index (χ0v) is 15.6. The molecular formula is C18H21N5O4. The molecule has 9 heteroatoms. The molecule has 0 amide bonds. The number of nitrogens with one attached hydrogen (secondary N) is 1. The minimum atomic E-state index is -1.12. The molecule has 2 aromatic heterocycles. The van der Waals surface area contributed by atoms with Gasteiger partial charge in [-0.05, 0) is 23.6 Å². The molecule has 27 heavy (non-hydrogen) atoms. The van der Waals surface area contributed by atoms with Gasteiger partial charge in [-0.15, -0.1) is 0 Å². The first-order chi connectivity index (χ1) is 12.7. The molecule has 0 atom stereocenters. The molecule has 0 aliphatic heterocycles. The number of hydrogen-bond acceptors (Lipinski definition) is 5. The monoisotopic (exact) mass is 371 g/mol. The summed E-state index contributed by atoms with van der Waals surface area (Å²) in [6, 6.07) is 7.64.